The average molecular weight is 432 g/mol. The number of nitrogens with zero attached hydrogens (tertiary/aromatic N) is 3. The van der Waals surface area contributed by atoms with Crippen LogP contribution in [-0.4, -0.2) is 25.3 Å². The van der Waals surface area contributed by atoms with Crippen molar-refractivity contribution in [2.75, 3.05) is 0 Å². The number of benzene rings is 3. The summed E-state index contributed by atoms with van der Waals surface area (Å²) in [6, 6.07) is 16.6. The van der Waals surface area contributed by atoms with E-state index in [-0.39, 0.29) is 11.6 Å². The molecule has 0 fully saturated rings. The minimum atomic E-state index is -0.176. The van der Waals surface area contributed by atoms with Crippen LogP contribution in [0.2, 0.25) is 0 Å². The standard InChI is InChI=1S/C21H9N3O2S3/c25-19-10-5-1-2-6-11(10)20(26)16-12(19)9-15(17-18(16)24-29-23-17)28-21-22-13-7-3-4-8-14(13)27-21/h1-9H. The third-order valence-electron chi connectivity index (χ3n) is 4.86. The molecule has 2 heterocycles. The van der Waals surface area contributed by atoms with Crippen LogP contribution in [0.15, 0.2) is 63.8 Å². The predicted molar refractivity (Wildman–Crippen MR) is 114 cm³/mol. The van der Waals surface area contributed by atoms with E-state index in [1.165, 1.54) is 11.8 Å². The number of hydrogen-bond donors (Lipinski definition) is 0. The number of ketones is 2. The maximum atomic E-state index is 13.1. The monoisotopic (exact) mass is 431 g/mol. The van der Waals surface area contributed by atoms with E-state index < -0.39 is 0 Å². The van der Waals surface area contributed by atoms with Gasteiger partial charge in [0.25, 0.3) is 0 Å². The summed E-state index contributed by atoms with van der Waals surface area (Å²) in [5.74, 6) is -0.333. The summed E-state index contributed by atoms with van der Waals surface area (Å²) in [6.07, 6.45) is 0. The van der Waals surface area contributed by atoms with Gasteiger partial charge in [0, 0.05) is 21.6 Å². The summed E-state index contributed by atoms with van der Waals surface area (Å²) in [6.45, 7) is 0. The van der Waals surface area contributed by atoms with Crippen molar-refractivity contribution in [3.63, 3.8) is 0 Å². The normalized spacial score (nSPS) is 13.1. The molecule has 1 aliphatic carbocycles. The van der Waals surface area contributed by atoms with Gasteiger partial charge in [-0.15, -0.1) is 11.3 Å². The van der Waals surface area contributed by atoms with Gasteiger partial charge in [-0.25, -0.2) is 4.98 Å². The number of carbonyl (C=O) groups excluding carboxylic acids is 2. The zero-order chi connectivity index (χ0) is 19.5. The van der Waals surface area contributed by atoms with Gasteiger partial charge in [-0.3, -0.25) is 9.59 Å². The molecule has 6 rings (SSSR count). The third kappa shape index (κ3) is 2.50. The summed E-state index contributed by atoms with van der Waals surface area (Å²) >= 11 is 4.08. The first-order chi connectivity index (χ1) is 14.2. The zero-order valence-electron chi connectivity index (χ0n) is 14.6. The summed E-state index contributed by atoms with van der Waals surface area (Å²) in [5.41, 5.74) is 3.66. The molecule has 5 nitrogen and oxygen atoms in total. The van der Waals surface area contributed by atoms with E-state index in [1.54, 1.807) is 41.7 Å². The maximum Gasteiger partial charge on any atom is 0.196 e. The van der Waals surface area contributed by atoms with E-state index >= 15 is 0 Å². The minimum Gasteiger partial charge on any atom is -0.289 e. The van der Waals surface area contributed by atoms with E-state index in [4.69, 9.17) is 0 Å². The highest BCUT2D eigenvalue weighted by atomic mass is 32.2. The number of rotatable bonds is 2. The largest absolute Gasteiger partial charge is 0.289 e. The van der Waals surface area contributed by atoms with Crippen LogP contribution < -0.4 is 0 Å². The number of carbonyl (C=O) groups is 2. The average Bonchev–Trinajstić information content (AvgIpc) is 3.38. The maximum absolute atomic E-state index is 13.1. The molecule has 0 spiro atoms. The Morgan fingerprint density at radius 3 is 2.34 bits per heavy atom. The summed E-state index contributed by atoms with van der Waals surface area (Å²) in [7, 11) is 0. The van der Waals surface area contributed by atoms with Crippen LogP contribution in [0.5, 0.6) is 0 Å². The van der Waals surface area contributed by atoms with Crippen molar-refractivity contribution >= 4 is 67.6 Å². The zero-order valence-corrected chi connectivity index (χ0v) is 17.0. The van der Waals surface area contributed by atoms with Crippen LogP contribution in [0, 0.1) is 0 Å². The van der Waals surface area contributed by atoms with Crippen LogP contribution >= 0.6 is 34.8 Å². The van der Waals surface area contributed by atoms with Crippen molar-refractivity contribution in [2.45, 2.75) is 9.24 Å². The molecule has 5 aromatic rings. The Morgan fingerprint density at radius 2 is 1.52 bits per heavy atom. The molecule has 29 heavy (non-hydrogen) atoms. The number of aromatic nitrogens is 3. The Balaban J connectivity index is 1.55. The third-order valence-corrected chi connectivity index (χ3v) is 7.52. The van der Waals surface area contributed by atoms with Gasteiger partial charge < -0.3 is 0 Å². The molecule has 1 aliphatic rings. The molecule has 0 amide bonds. The lowest BCUT2D eigenvalue weighted by Crippen LogP contribution is -2.21. The van der Waals surface area contributed by atoms with E-state index in [2.05, 4.69) is 13.7 Å². The quantitative estimate of drug-likeness (QED) is 0.374. The molecule has 8 heteroatoms. The summed E-state index contributed by atoms with van der Waals surface area (Å²) in [5, 5.41) is 0. The molecule has 0 unspecified atom stereocenters. The summed E-state index contributed by atoms with van der Waals surface area (Å²) in [4.78, 5) is 31.7. The second-order valence-corrected chi connectivity index (χ2v) is 9.36. The first-order valence-electron chi connectivity index (χ1n) is 8.72. The molecule has 0 atom stereocenters. The van der Waals surface area contributed by atoms with E-state index in [0.29, 0.717) is 33.3 Å². The molecule has 0 N–H and O–H groups in total. The van der Waals surface area contributed by atoms with Crippen molar-refractivity contribution < 1.29 is 9.59 Å². The van der Waals surface area contributed by atoms with Gasteiger partial charge in [-0.05, 0) is 18.2 Å². The number of hydrogen-bond acceptors (Lipinski definition) is 8. The topological polar surface area (TPSA) is 72.8 Å². The molecular weight excluding hydrogens is 422 g/mol. The fourth-order valence-corrected chi connectivity index (χ4v) is 6.32. The van der Waals surface area contributed by atoms with Gasteiger partial charge in [0.05, 0.1) is 27.5 Å². The van der Waals surface area contributed by atoms with Gasteiger partial charge in [-0.2, -0.15) is 8.75 Å². The molecule has 0 saturated heterocycles. The van der Waals surface area contributed by atoms with Crippen LogP contribution in [-0.2, 0) is 0 Å². The molecule has 138 valence electrons. The molecule has 0 saturated carbocycles. The SMILES string of the molecule is O=C1c2ccccc2C(=O)c2c1cc(Sc1nc3ccccc3s1)c1nsnc21. The van der Waals surface area contributed by atoms with Gasteiger partial charge in [-0.1, -0.05) is 48.2 Å². The van der Waals surface area contributed by atoms with Crippen LogP contribution in [0.25, 0.3) is 21.3 Å². The fraction of sp³-hybridized carbons (Fsp3) is 0. The first-order valence-corrected chi connectivity index (χ1v) is 11.1. The smallest absolute Gasteiger partial charge is 0.196 e. The van der Waals surface area contributed by atoms with Gasteiger partial charge in [0.2, 0.25) is 0 Å². The van der Waals surface area contributed by atoms with Gasteiger partial charge in [0.15, 0.2) is 15.9 Å². The second kappa shape index (κ2) is 6.28. The molecule has 2 aromatic heterocycles. The van der Waals surface area contributed by atoms with Crippen LogP contribution in [0.1, 0.15) is 31.8 Å². The molecular formula is C21H9N3O2S3. The van der Waals surface area contributed by atoms with Crippen molar-refractivity contribution in [3.8, 4) is 0 Å². The number of thiazole rings is 1. The van der Waals surface area contributed by atoms with Crippen LogP contribution in [0.4, 0.5) is 0 Å². The van der Waals surface area contributed by atoms with Crippen molar-refractivity contribution in [2.24, 2.45) is 0 Å². The van der Waals surface area contributed by atoms with Crippen molar-refractivity contribution in [1.82, 2.24) is 13.7 Å². The molecule has 0 bridgehead atoms. The Kier molecular flexibility index (Phi) is 3.67. The van der Waals surface area contributed by atoms with E-state index in [0.717, 1.165) is 31.2 Å². The Morgan fingerprint density at radius 1 is 0.793 bits per heavy atom. The van der Waals surface area contributed by atoms with E-state index in [9.17, 15) is 9.59 Å². The Hall–Kier alpha value is -2.94. The van der Waals surface area contributed by atoms with Crippen LogP contribution in [0.3, 0.4) is 0 Å². The summed E-state index contributed by atoms with van der Waals surface area (Å²) < 4.78 is 10.7. The molecule has 0 radical (unpaired) electrons. The van der Waals surface area contributed by atoms with Crippen molar-refractivity contribution in [1.29, 1.82) is 0 Å². The highest BCUT2D eigenvalue weighted by Gasteiger charge is 2.33. The fourth-order valence-electron chi connectivity index (χ4n) is 3.55. The Labute approximate surface area is 176 Å². The molecule has 3 aromatic carbocycles. The van der Waals surface area contributed by atoms with E-state index in [1.807, 2.05) is 24.3 Å². The van der Waals surface area contributed by atoms with Gasteiger partial charge in [0.1, 0.15) is 11.0 Å². The number of fused-ring (bicyclic) bond motifs is 5. The number of para-hydroxylation sites is 1. The van der Waals surface area contributed by atoms with Gasteiger partial charge >= 0.3 is 0 Å². The van der Waals surface area contributed by atoms with Crippen molar-refractivity contribution in [3.05, 3.63) is 76.9 Å². The molecule has 0 aliphatic heterocycles. The Bertz CT molecular complexity index is 1450. The minimum absolute atomic E-state index is 0.156. The first kappa shape index (κ1) is 17.0. The lowest BCUT2D eigenvalue weighted by molar-refractivity contribution is 0.0980. The second-order valence-electron chi connectivity index (χ2n) is 6.51. The lowest BCUT2D eigenvalue weighted by atomic mass is 9.83. The lowest BCUT2D eigenvalue weighted by Gasteiger charge is -2.18. The highest BCUT2D eigenvalue weighted by molar-refractivity contribution is 8.01. The predicted octanol–water partition coefficient (Wildman–Crippen LogP) is 5.23. The highest BCUT2D eigenvalue weighted by Crippen LogP contribution is 2.41.